The highest BCUT2D eigenvalue weighted by atomic mass is 16.5. The van der Waals surface area contributed by atoms with E-state index in [2.05, 4.69) is 10.6 Å². The molecule has 2 atom stereocenters. The molecule has 0 radical (unpaired) electrons. The van der Waals surface area contributed by atoms with E-state index in [0.29, 0.717) is 30.8 Å². The Morgan fingerprint density at radius 1 is 0.838 bits per heavy atom. The van der Waals surface area contributed by atoms with Crippen molar-refractivity contribution < 1.29 is 25.2 Å². The van der Waals surface area contributed by atoms with Gasteiger partial charge in [0.15, 0.2) is 0 Å². The largest absolute Gasteiger partial charge is 0.508 e. The Hall–Kier alpha value is -3.62. The van der Waals surface area contributed by atoms with Crippen molar-refractivity contribution in [3.8, 4) is 11.5 Å². The molecule has 0 saturated carbocycles. The molecule has 0 aromatic heterocycles. The van der Waals surface area contributed by atoms with E-state index in [1.54, 1.807) is 12.1 Å². The van der Waals surface area contributed by atoms with Crippen LogP contribution < -0.4 is 15.4 Å². The summed E-state index contributed by atoms with van der Waals surface area (Å²) in [6.45, 7) is 1.36. The van der Waals surface area contributed by atoms with Crippen LogP contribution in [-0.2, 0) is 13.0 Å². The third-order valence-corrected chi connectivity index (χ3v) is 6.26. The minimum atomic E-state index is -0.728. The lowest BCUT2D eigenvalue weighted by Gasteiger charge is -2.15. The van der Waals surface area contributed by atoms with E-state index < -0.39 is 12.2 Å². The number of rotatable bonds is 13. The van der Waals surface area contributed by atoms with Gasteiger partial charge in [-0.2, -0.15) is 0 Å². The quantitative estimate of drug-likeness (QED) is 0.154. The zero-order chi connectivity index (χ0) is 26.0. The molecule has 194 valence electrons. The van der Waals surface area contributed by atoms with Gasteiger partial charge in [-0.1, -0.05) is 54.6 Å². The lowest BCUT2D eigenvalue weighted by atomic mass is 10.1. The maximum Gasteiger partial charge on any atom is 0.127 e. The lowest BCUT2D eigenvalue weighted by molar-refractivity contribution is 0.118. The summed E-state index contributed by atoms with van der Waals surface area (Å²) in [5.41, 5.74) is 3.12. The fraction of sp³-hybridized carbons (Fsp3) is 0.267. The molecular formula is C30H34N2O5. The van der Waals surface area contributed by atoms with Crippen LogP contribution in [0.3, 0.4) is 0 Å². The first-order valence-electron chi connectivity index (χ1n) is 12.5. The number of hydrogen-bond acceptors (Lipinski definition) is 7. The summed E-state index contributed by atoms with van der Waals surface area (Å²) in [4.78, 5) is 0. The fourth-order valence-corrected chi connectivity index (χ4v) is 4.12. The predicted molar refractivity (Wildman–Crippen MR) is 146 cm³/mol. The first kappa shape index (κ1) is 26.4. The number of phenols is 1. The minimum absolute atomic E-state index is 0.0214. The van der Waals surface area contributed by atoms with E-state index in [1.807, 2.05) is 66.7 Å². The van der Waals surface area contributed by atoms with Gasteiger partial charge in [0.1, 0.15) is 24.2 Å². The summed E-state index contributed by atoms with van der Waals surface area (Å²) in [7, 11) is 0. The van der Waals surface area contributed by atoms with Gasteiger partial charge in [0.25, 0.3) is 0 Å². The molecular weight excluding hydrogens is 468 g/mol. The number of aliphatic hydroxyl groups is 3. The number of anilines is 1. The minimum Gasteiger partial charge on any atom is -0.508 e. The van der Waals surface area contributed by atoms with Crippen molar-refractivity contribution in [3.63, 3.8) is 0 Å². The van der Waals surface area contributed by atoms with Crippen molar-refractivity contribution in [2.45, 2.75) is 25.2 Å². The first-order chi connectivity index (χ1) is 18.0. The molecule has 2 unspecified atom stereocenters. The average Bonchev–Trinajstić information content (AvgIpc) is 2.93. The number of benzene rings is 4. The van der Waals surface area contributed by atoms with Crippen LogP contribution in [0.5, 0.6) is 11.5 Å². The van der Waals surface area contributed by atoms with E-state index in [0.717, 1.165) is 34.2 Å². The Labute approximate surface area is 217 Å². The van der Waals surface area contributed by atoms with Crippen LogP contribution >= 0.6 is 0 Å². The Morgan fingerprint density at radius 3 is 2.43 bits per heavy atom. The van der Waals surface area contributed by atoms with Gasteiger partial charge in [-0.05, 0) is 59.8 Å². The summed E-state index contributed by atoms with van der Waals surface area (Å²) in [5, 5.41) is 48.3. The van der Waals surface area contributed by atoms with Crippen molar-refractivity contribution in [1.82, 2.24) is 5.32 Å². The van der Waals surface area contributed by atoms with E-state index >= 15 is 0 Å². The summed E-state index contributed by atoms with van der Waals surface area (Å²) in [6, 6.07) is 26.7. The molecule has 0 spiro atoms. The summed E-state index contributed by atoms with van der Waals surface area (Å²) >= 11 is 0. The zero-order valence-corrected chi connectivity index (χ0v) is 20.7. The Morgan fingerprint density at radius 2 is 1.62 bits per heavy atom. The second-order valence-corrected chi connectivity index (χ2v) is 9.04. The smallest absolute Gasteiger partial charge is 0.127 e. The van der Waals surface area contributed by atoms with Crippen LogP contribution in [0.25, 0.3) is 10.8 Å². The molecule has 0 fully saturated rings. The SMILES string of the molecule is OCc1cc(C(O)CNCCc2ccc(NCC(O)COc3cccc4ccccc34)cc2)ccc1O. The maximum atomic E-state index is 10.4. The number of hydrogen-bond donors (Lipinski definition) is 6. The van der Waals surface area contributed by atoms with Crippen LogP contribution in [0.2, 0.25) is 0 Å². The van der Waals surface area contributed by atoms with E-state index in [1.165, 1.54) is 6.07 Å². The van der Waals surface area contributed by atoms with Gasteiger partial charge in [0.05, 0.1) is 12.7 Å². The Balaban J connectivity index is 1.16. The highest BCUT2D eigenvalue weighted by molar-refractivity contribution is 5.88. The van der Waals surface area contributed by atoms with E-state index in [4.69, 9.17) is 4.74 Å². The van der Waals surface area contributed by atoms with E-state index in [9.17, 15) is 20.4 Å². The molecule has 4 aromatic carbocycles. The summed E-state index contributed by atoms with van der Waals surface area (Å²) < 4.78 is 5.87. The zero-order valence-electron chi connectivity index (χ0n) is 20.7. The number of ether oxygens (including phenoxy) is 1. The van der Waals surface area contributed by atoms with Crippen LogP contribution in [0, 0.1) is 0 Å². The third-order valence-electron chi connectivity index (χ3n) is 6.26. The highest BCUT2D eigenvalue weighted by Gasteiger charge is 2.10. The highest BCUT2D eigenvalue weighted by Crippen LogP contribution is 2.25. The molecule has 6 N–H and O–H groups in total. The molecule has 0 bridgehead atoms. The van der Waals surface area contributed by atoms with Crippen molar-refractivity contribution in [2.24, 2.45) is 0 Å². The van der Waals surface area contributed by atoms with Crippen LogP contribution in [0.1, 0.15) is 22.8 Å². The van der Waals surface area contributed by atoms with Gasteiger partial charge in [-0.3, -0.25) is 0 Å². The van der Waals surface area contributed by atoms with Gasteiger partial charge in [0.2, 0.25) is 0 Å². The monoisotopic (exact) mass is 502 g/mol. The van der Waals surface area contributed by atoms with Crippen molar-refractivity contribution in [1.29, 1.82) is 0 Å². The van der Waals surface area contributed by atoms with Gasteiger partial charge >= 0.3 is 0 Å². The number of aliphatic hydroxyl groups excluding tert-OH is 3. The topological polar surface area (TPSA) is 114 Å². The van der Waals surface area contributed by atoms with Crippen molar-refractivity contribution in [2.75, 3.05) is 31.6 Å². The molecule has 7 nitrogen and oxygen atoms in total. The number of aromatic hydroxyl groups is 1. The lowest BCUT2D eigenvalue weighted by Crippen LogP contribution is -2.26. The predicted octanol–water partition coefficient (Wildman–Crippen LogP) is 3.76. The average molecular weight is 503 g/mol. The second-order valence-electron chi connectivity index (χ2n) is 9.04. The molecule has 37 heavy (non-hydrogen) atoms. The standard InChI is InChI=1S/C30H34N2O5/c33-19-24-16-23(10-13-28(24)35)29(36)18-31-15-14-21-8-11-25(12-9-21)32-17-26(34)20-37-30-7-3-5-22-4-1-2-6-27(22)30/h1-13,16,26,29,31-36H,14-15,17-20H2. The Kier molecular flexibility index (Phi) is 9.35. The van der Waals surface area contributed by atoms with Gasteiger partial charge in [-0.15, -0.1) is 0 Å². The summed E-state index contributed by atoms with van der Waals surface area (Å²) in [5.74, 6) is 0.786. The molecule has 4 rings (SSSR count). The van der Waals surface area contributed by atoms with Crippen LogP contribution in [0.4, 0.5) is 5.69 Å². The van der Waals surface area contributed by atoms with E-state index in [-0.39, 0.29) is 19.0 Å². The van der Waals surface area contributed by atoms with Crippen molar-refractivity contribution >= 4 is 16.5 Å². The molecule has 0 heterocycles. The van der Waals surface area contributed by atoms with Crippen LogP contribution in [0.15, 0.2) is 84.9 Å². The molecule has 0 aliphatic rings. The molecule has 0 amide bonds. The first-order valence-corrected chi connectivity index (χ1v) is 12.5. The second kappa shape index (κ2) is 13.1. The molecule has 0 saturated heterocycles. The van der Waals surface area contributed by atoms with Gasteiger partial charge in [0, 0.05) is 29.7 Å². The molecule has 0 aliphatic carbocycles. The van der Waals surface area contributed by atoms with Gasteiger partial charge < -0.3 is 35.8 Å². The van der Waals surface area contributed by atoms with Crippen LogP contribution in [-0.4, -0.2) is 52.8 Å². The van der Waals surface area contributed by atoms with Gasteiger partial charge in [-0.25, -0.2) is 0 Å². The molecule has 7 heteroatoms. The Bertz CT molecular complexity index is 1270. The third kappa shape index (κ3) is 7.44. The number of nitrogens with one attached hydrogen (secondary N) is 2. The maximum absolute atomic E-state index is 10.4. The van der Waals surface area contributed by atoms with Crippen molar-refractivity contribution in [3.05, 3.63) is 102 Å². The normalized spacial score (nSPS) is 12.8. The fourth-order valence-electron chi connectivity index (χ4n) is 4.12. The number of fused-ring (bicyclic) bond motifs is 1. The molecule has 0 aliphatic heterocycles. The molecule has 4 aromatic rings. The summed E-state index contributed by atoms with van der Waals surface area (Å²) in [6.07, 6.45) is -0.587.